The van der Waals surface area contributed by atoms with Crippen LogP contribution in [-0.4, -0.2) is 25.4 Å². The molecule has 1 aromatic carbocycles. The second-order valence-electron chi connectivity index (χ2n) is 9.22. The fourth-order valence-corrected chi connectivity index (χ4v) is 10.0. The van der Waals surface area contributed by atoms with Gasteiger partial charge < -0.3 is 0 Å². The molecule has 8 atom stereocenters. The van der Waals surface area contributed by atoms with Crippen LogP contribution in [0.1, 0.15) is 24.9 Å². The summed E-state index contributed by atoms with van der Waals surface area (Å²) in [4.78, 5) is 26.8. The van der Waals surface area contributed by atoms with Gasteiger partial charge in [0.1, 0.15) is 0 Å². The Hall–Kier alpha value is -1.69. The SMILES string of the molecule is O=c1n(-c2ccccc2)c(=O)n2n1[C@@H]1[C@@H]3C4C5[C@@]16CCSCC[C@]56[C@H]2[C@@H]43. The van der Waals surface area contributed by atoms with Crippen LogP contribution < -0.4 is 11.4 Å². The van der Waals surface area contributed by atoms with Crippen molar-refractivity contribution in [1.29, 1.82) is 0 Å². The van der Waals surface area contributed by atoms with E-state index in [-0.39, 0.29) is 23.5 Å². The zero-order valence-corrected chi connectivity index (χ0v) is 15.1. The zero-order chi connectivity index (χ0) is 17.0. The molecule has 2 aromatic rings. The summed E-state index contributed by atoms with van der Waals surface area (Å²) in [6.45, 7) is 0. The monoisotopic (exact) mass is 365 g/mol. The van der Waals surface area contributed by atoms with Crippen molar-refractivity contribution in [2.45, 2.75) is 24.9 Å². The molecule has 0 N–H and O–H groups in total. The third-order valence-electron chi connectivity index (χ3n) is 9.12. The van der Waals surface area contributed by atoms with Gasteiger partial charge in [0.25, 0.3) is 0 Å². The van der Waals surface area contributed by atoms with E-state index in [1.807, 2.05) is 39.7 Å². The molecule has 2 spiro atoms. The van der Waals surface area contributed by atoms with Crippen molar-refractivity contribution < 1.29 is 0 Å². The van der Waals surface area contributed by atoms with E-state index < -0.39 is 0 Å². The Morgan fingerprint density at radius 2 is 1.42 bits per heavy atom. The Balaban J connectivity index is 1.45. The minimum atomic E-state index is -0.104. The summed E-state index contributed by atoms with van der Waals surface area (Å²) in [7, 11) is 0. The number of thioether (sulfide) groups is 1. The maximum Gasteiger partial charge on any atom is 0.352 e. The number of rotatable bonds is 1. The van der Waals surface area contributed by atoms with E-state index in [1.165, 1.54) is 28.9 Å². The minimum absolute atomic E-state index is 0.104. The van der Waals surface area contributed by atoms with E-state index in [9.17, 15) is 9.59 Å². The molecular weight excluding hydrogens is 346 g/mol. The van der Waals surface area contributed by atoms with E-state index in [0.717, 1.165) is 11.8 Å². The molecule has 5 fully saturated rings. The van der Waals surface area contributed by atoms with Gasteiger partial charge in [-0.1, -0.05) is 18.2 Å². The van der Waals surface area contributed by atoms with Gasteiger partial charge in [-0.25, -0.2) is 23.5 Å². The Kier molecular flexibility index (Phi) is 1.90. The number of hydrogen-bond acceptors (Lipinski definition) is 3. The predicted molar refractivity (Wildman–Crippen MR) is 97.7 cm³/mol. The van der Waals surface area contributed by atoms with Crippen LogP contribution in [-0.2, 0) is 0 Å². The number of hydrogen-bond donors (Lipinski definition) is 0. The average molecular weight is 365 g/mol. The summed E-state index contributed by atoms with van der Waals surface area (Å²) < 4.78 is 5.29. The van der Waals surface area contributed by atoms with Crippen molar-refractivity contribution in [2.24, 2.45) is 34.5 Å². The summed E-state index contributed by atoms with van der Waals surface area (Å²) in [6, 6.07) is 10.0. The highest BCUT2D eigenvalue weighted by molar-refractivity contribution is 7.99. The van der Waals surface area contributed by atoms with Gasteiger partial charge in [-0.3, -0.25) is 0 Å². The van der Waals surface area contributed by atoms with Crippen LogP contribution in [0, 0.1) is 34.5 Å². The van der Waals surface area contributed by atoms with Gasteiger partial charge in [0.05, 0.1) is 17.8 Å². The van der Waals surface area contributed by atoms with Gasteiger partial charge in [-0.05, 0) is 60.2 Å². The van der Waals surface area contributed by atoms with Crippen molar-refractivity contribution in [3.63, 3.8) is 0 Å². The first-order valence-corrected chi connectivity index (χ1v) is 11.0. The van der Waals surface area contributed by atoms with Crippen molar-refractivity contribution in [2.75, 3.05) is 11.5 Å². The molecule has 4 heterocycles. The van der Waals surface area contributed by atoms with Crippen molar-refractivity contribution >= 4 is 11.8 Å². The number of nitrogens with zero attached hydrogens (tertiary/aromatic N) is 3. The first-order chi connectivity index (χ1) is 12.7. The molecule has 2 unspecified atom stereocenters. The molecule has 9 rings (SSSR count). The summed E-state index contributed by atoms with van der Waals surface area (Å²) in [5, 5.41) is 0. The molecule has 1 saturated heterocycles. The number of aromatic nitrogens is 3. The fraction of sp³-hybridized carbons (Fsp3) is 0.600. The summed E-state index contributed by atoms with van der Waals surface area (Å²) in [6.07, 6.45) is 2.50. The van der Waals surface area contributed by atoms with Crippen LogP contribution in [0.25, 0.3) is 5.69 Å². The molecule has 0 amide bonds. The van der Waals surface area contributed by atoms with Gasteiger partial charge in [0, 0.05) is 10.8 Å². The normalized spacial score (nSPS) is 50.2. The molecule has 7 aliphatic rings. The first kappa shape index (κ1) is 13.5. The van der Waals surface area contributed by atoms with Crippen molar-refractivity contribution in [3.8, 4) is 5.69 Å². The van der Waals surface area contributed by atoms with Crippen molar-refractivity contribution in [1.82, 2.24) is 13.9 Å². The van der Waals surface area contributed by atoms with Gasteiger partial charge in [0.15, 0.2) is 0 Å². The molecule has 5 nitrogen and oxygen atoms in total. The molecule has 26 heavy (non-hydrogen) atoms. The van der Waals surface area contributed by atoms with Crippen LogP contribution >= 0.6 is 11.8 Å². The van der Waals surface area contributed by atoms with E-state index in [1.54, 1.807) is 0 Å². The largest absolute Gasteiger partial charge is 0.352 e. The highest BCUT2D eigenvalue weighted by atomic mass is 32.2. The van der Waals surface area contributed by atoms with Crippen LogP contribution in [0.4, 0.5) is 0 Å². The summed E-state index contributed by atoms with van der Waals surface area (Å²) >= 11 is 2.08. The second kappa shape index (κ2) is 3.66. The second-order valence-corrected chi connectivity index (χ2v) is 10.4. The standard InChI is InChI=1S/C20H19N3O2S/c24-17-21(10-4-2-1-3-5-10)18(25)23-16-13-11-12(13)15(22(17)23)19-6-8-26-9-7-20(16,19)14(11)19/h1-5,11-16H,6-9H2/t11?,12-,13+,14?,15-,16-,19+,20-/m1/s1. The summed E-state index contributed by atoms with van der Waals surface area (Å²) in [5.74, 6) is 5.42. The lowest BCUT2D eigenvalue weighted by atomic mass is 9.69. The number of para-hydroxylation sites is 1. The molecule has 3 aliphatic heterocycles. The summed E-state index contributed by atoms with van der Waals surface area (Å²) in [5.41, 5.74) is 1.17. The lowest BCUT2D eigenvalue weighted by molar-refractivity contribution is -0.00192. The highest BCUT2D eigenvalue weighted by Crippen LogP contribution is 3.04. The quantitative estimate of drug-likeness (QED) is 0.776. The maximum absolute atomic E-state index is 13.4. The molecule has 2 bridgehead atoms. The van der Waals surface area contributed by atoms with Crippen molar-refractivity contribution in [3.05, 3.63) is 51.3 Å². The van der Waals surface area contributed by atoms with Crippen LogP contribution in [0.15, 0.2) is 39.9 Å². The topological polar surface area (TPSA) is 48.9 Å². The lowest BCUT2D eigenvalue weighted by Crippen LogP contribution is -2.52. The Morgan fingerprint density at radius 3 is 2.00 bits per heavy atom. The van der Waals surface area contributed by atoms with E-state index >= 15 is 0 Å². The molecule has 6 heteroatoms. The average Bonchev–Trinajstić information content (AvgIpc) is 3.42. The first-order valence-electron chi connectivity index (χ1n) is 9.84. The highest BCUT2D eigenvalue weighted by Gasteiger charge is 3.02. The van der Waals surface area contributed by atoms with Gasteiger partial charge in [-0.15, -0.1) is 0 Å². The van der Waals surface area contributed by atoms with Gasteiger partial charge in [-0.2, -0.15) is 11.8 Å². The van der Waals surface area contributed by atoms with Crippen LogP contribution in [0.5, 0.6) is 0 Å². The smallest absolute Gasteiger partial charge is 0.245 e. The minimum Gasteiger partial charge on any atom is -0.245 e. The Morgan fingerprint density at radius 1 is 0.846 bits per heavy atom. The molecular formula is C20H19N3O2S. The molecule has 0 radical (unpaired) electrons. The maximum atomic E-state index is 13.4. The van der Waals surface area contributed by atoms with E-state index in [4.69, 9.17) is 0 Å². The number of benzene rings is 1. The third-order valence-corrected chi connectivity index (χ3v) is 10.1. The van der Waals surface area contributed by atoms with E-state index in [2.05, 4.69) is 11.8 Å². The molecule has 4 aliphatic carbocycles. The zero-order valence-electron chi connectivity index (χ0n) is 14.2. The Bertz CT molecular complexity index is 1070. The predicted octanol–water partition coefficient (Wildman–Crippen LogP) is 1.92. The van der Waals surface area contributed by atoms with E-state index in [0.29, 0.717) is 28.4 Å². The lowest BCUT2D eigenvalue weighted by Gasteiger charge is -2.47. The fourth-order valence-electron chi connectivity index (χ4n) is 8.84. The van der Waals surface area contributed by atoms with Gasteiger partial charge in [0.2, 0.25) is 0 Å². The molecule has 1 aromatic heterocycles. The van der Waals surface area contributed by atoms with Gasteiger partial charge >= 0.3 is 11.4 Å². The van der Waals surface area contributed by atoms with Crippen LogP contribution in [0.2, 0.25) is 0 Å². The van der Waals surface area contributed by atoms with Crippen LogP contribution in [0.3, 0.4) is 0 Å². The third kappa shape index (κ3) is 0.987. The Labute approximate surface area is 154 Å². The molecule has 132 valence electrons. The molecule has 4 saturated carbocycles.